The van der Waals surface area contributed by atoms with Crippen molar-refractivity contribution in [1.82, 2.24) is 0 Å². The Hall–Kier alpha value is -1.56. The zero-order valence-electron chi connectivity index (χ0n) is 27.9. The summed E-state index contributed by atoms with van der Waals surface area (Å²) in [5.74, 6) is 3.47. The third kappa shape index (κ3) is 4.33. The Morgan fingerprint density at radius 2 is 1.72 bits per heavy atom. The quantitative estimate of drug-likeness (QED) is 0.310. The number of anilines is 1. The minimum Gasteiger partial charge on any atom is -0.495 e. The molecule has 6 heteroatoms. The van der Waals surface area contributed by atoms with Gasteiger partial charge in [-0.25, -0.2) is 0 Å². The zero-order chi connectivity index (χ0) is 31.2. The maximum Gasteiger partial charge on any atom is 0.309 e. The van der Waals surface area contributed by atoms with E-state index in [4.69, 9.17) is 9.84 Å². The third-order valence-corrected chi connectivity index (χ3v) is 15.5. The number of nitrogens with zero attached hydrogens (tertiary/aromatic N) is 1. The van der Waals surface area contributed by atoms with E-state index in [1.807, 2.05) is 18.2 Å². The molecule has 5 aliphatic rings. The molecular formula is C37H55BrN2O3. The average molecular weight is 656 g/mol. The smallest absolute Gasteiger partial charge is 0.309 e. The first kappa shape index (κ1) is 31.4. The summed E-state index contributed by atoms with van der Waals surface area (Å²) in [5.41, 5.74) is 5.73. The Morgan fingerprint density at radius 3 is 2.40 bits per heavy atom. The molecular weight excluding hydrogens is 600 g/mol. The van der Waals surface area contributed by atoms with Crippen molar-refractivity contribution in [1.29, 1.82) is 0 Å². The molecule has 5 fully saturated rings. The van der Waals surface area contributed by atoms with Gasteiger partial charge in [-0.05, 0) is 134 Å². The number of hydrogen-bond donors (Lipinski definition) is 2. The van der Waals surface area contributed by atoms with Gasteiger partial charge in [0.15, 0.2) is 0 Å². The van der Waals surface area contributed by atoms with Gasteiger partial charge in [0.25, 0.3) is 0 Å². The number of methoxy groups -OCH3 is 1. The first-order chi connectivity index (χ1) is 20.2. The SMILES string of the molecule is COc1ccc(Br)cc1N/N=C1\CC[C@]2(C)[C@H]3CCC4[C@H]5[C@H](C(C)C)CCC5(C(=O)O)CC[C@@]4(C)[C@]3(C)CC[C@H]2C1(C)C. The Morgan fingerprint density at radius 1 is 0.977 bits per heavy atom. The molecule has 0 aromatic heterocycles. The summed E-state index contributed by atoms with van der Waals surface area (Å²) in [6, 6.07) is 5.99. The topological polar surface area (TPSA) is 70.9 Å². The summed E-state index contributed by atoms with van der Waals surface area (Å²) in [6.07, 6.45) is 11.0. The lowest BCUT2D eigenvalue weighted by Gasteiger charge is -2.72. The predicted octanol–water partition coefficient (Wildman–Crippen LogP) is 10.0. The lowest BCUT2D eigenvalue weighted by molar-refractivity contribution is -0.232. The van der Waals surface area contributed by atoms with Crippen LogP contribution in [0.15, 0.2) is 27.8 Å². The monoisotopic (exact) mass is 654 g/mol. The normalized spacial score (nSPS) is 44.2. The fraction of sp³-hybridized carbons (Fsp3) is 0.784. The van der Waals surface area contributed by atoms with Crippen molar-refractivity contribution in [3.8, 4) is 5.75 Å². The van der Waals surface area contributed by atoms with Crippen LogP contribution in [-0.4, -0.2) is 23.9 Å². The zero-order valence-corrected chi connectivity index (χ0v) is 29.4. The van der Waals surface area contributed by atoms with E-state index in [1.54, 1.807) is 7.11 Å². The van der Waals surface area contributed by atoms with E-state index in [9.17, 15) is 9.90 Å². The number of aliphatic carboxylic acids is 1. The number of carboxylic acids is 1. The van der Waals surface area contributed by atoms with Crippen LogP contribution in [0.3, 0.4) is 0 Å². The fourth-order valence-electron chi connectivity index (χ4n) is 12.7. The number of halogens is 1. The van der Waals surface area contributed by atoms with Gasteiger partial charge < -0.3 is 9.84 Å². The molecule has 0 aliphatic heterocycles. The average Bonchev–Trinajstić information content (AvgIpc) is 3.34. The summed E-state index contributed by atoms with van der Waals surface area (Å²) < 4.78 is 6.60. The van der Waals surface area contributed by atoms with Crippen molar-refractivity contribution in [3.63, 3.8) is 0 Å². The van der Waals surface area contributed by atoms with Gasteiger partial charge in [-0.2, -0.15) is 5.10 Å². The van der Waals surface area contributed by atoms with Crippen LogP contribution in [0, 0.1) is 62.6 Å². The van der Waals surface area contributed by atoms with Gasteiger partial charge >= 0.3 is 5.97 Å². The molecule has 9 atom stereocenters. The van der Waals surface area contributed by atoms with E-state index in [0.29, 0.717) is 35.5 Å². The molecule has 238 valence electrons. The van der Waals surface area contributed by atoms with Crippen molar-refractivity contribution < 1.29 is 14.6 Å². The second kappa shape index (κ2) is 10.5. The van der Waals surface area contributed by atoms with E-state index in [-0.39, 0.29) is 21.7 Å². The van der Waals surface area contributed by atoms with Gasteiger partial charge in [-0.1, -0.05) is 64.4 Å². The van der Waals surface area contributed by atoms with Gasteiger partial charge in [0.05, 0.1) is 18.2 Å². The number of benzene rings is 1. The molecule has 5 aliphatic carbocycles. The highest BCUT2D eigenvalue weighted by atomic mass is 79.9. The number of fused-ring (bicyclic) bond motifs is 7. The molecule has 2 N–H and O–H groups in total. The van der Waals surface area contributed by atoms with Crippen LogP contribution < -0.4 is 10.2 Å². The largest absolute Gasteiger partial charge is 0.495 e. The fourth-order valence-corrected chi connectivity index (χ4v) is 13.0. The number of nitrogens with one attached hydrogen (secondary N) is 1. The lowest BCUT2D eigenvalue weighted by Crippen LogP contribution is -2.66. The summed E-state index contributed by atoms with van der Waals surface area (Å²) in [5, 5.41) is 15.8. The summed E-state index contributed by atoms with van der Waals surface area (Å²) >= 11 is 3.59. The molecule has 0 heterocycles. The van der Waals surface area contributed by atoms with Crippen LogP contribution in [0.5, 0.6) is 5.75 Å². The van der Waals surface area contributed by atoms with Crippen molar-refractivity contribution in [2.75, 3.05) is 12.5 Å². The van der Waals surface area contributed by atoms with Crippen LogP contribution >= 0.6 is 15.9 Å². The van der Waals surface area contributed by atoms with E-state index in [0.717, 1.165) is 48.0 Å². The summed E-state index contributed by atoms with van der Waals surface area (Å²) in [7, 11) is 1.70. The second-order valence-corrected chi connectivity index (χ2v) is 17.8. The molecule has 1 aromatic carbocycles. The van der Waals surface area contributed by atoms with E-state index >= 15 is 0 Å². The Kier molecular flexibility index (Phi) is 7.67. The van der Waals surface area contributed by atoms with Gasteiger partial charge in [0.2, 0.25) is 0 Å². The van der Waals surface area contributed by atoms with Crippen LogP contribution in [0.4, 0.5) is 5.69 Å². The van der Waals surface area contributed by atoms with Crippen LogP contribution in [-0.2, 0) is 4.79 Å². The number of carboxylic acid groups (broad SMARTS) is 1. The standard InChI is InChI=1S/C37H55BrN2O3/c1-22(2)24-13-18-37(32(41)42)20-19-35(6)25(31(24)37)10-12-29-34(5)16-15-30(33(3,4)28(34)14-17-36(29,35)7)40-39-26-21-23(38)9-11-27(26)43-8/h9,11,21-22,24-25,28-29,31,39H,10,12-20H2,1-8H3,(H,41,42)/b40-30+/t24-,25?,28-,29+,31+,34-,35+,36+,37?/m0/s1. The first-order valence-corrected chi connectivity index (χ1v) is 17.8. The first-order valence-electron chi connectivity index (χ1n) is 17.1. The number of hydrazone groups is 1. The maximum absolute atomic E-state index is 13.0. The molecule has 43 heavy (non-hydrogen) atoms. The molecule has 0 saturated heterocycles. The highest BCUT2D eigenvalue weighted by molar-refractivity contribution is 9.10. The van der Waals surface area contributed by atoms with Crippen molar-refractivity contribution in [2.45, 2.75) is 113 Å². The van der Waals surface area contributed by atoms with E-state index in [2.05, 4.69) is 69.8 Å². The van der Waals surface area contributed by atoms with Crippen molar-refractivity contribution in [3.05, 3.63) is 22.7 Å². The third-order valence-electron chi connectivity index (χ3n) is 15.0. The molecule has 5 nitrogen and oxygen atoms in total. The molecule has 2 unspecified atom stereocenters. The van der Waals surface area contributed by atoms with E-state index in [1.165, 1.54) is 37.8 Å². The molecule has 0 amide bonds. The summed E-state index contributed by atoms with van der Waals surface area (Å²) in [4.78, 5) is 13.0. The number of hydrogen-bond acceptors (Lipinski definition) is 4. The molecule has 0 bridgehead atoms. The van der Waals surface area contributed by atoms with Crippen LogP contribution in [0.2, 0.25) is 0 Å². The van der Waals surface area contributed by atoms with Gasteiger partial charge in [0.1, 0.15) is 5.75 Å². The Balaban J connectivity index is 1.31. The Labute approximate surface area is 268 Å². The highest BCUT2D eigenvalue weighted by Gasteiger charge is 2.72. The van der Waals surface area contributed by atoms with E-state index < -0.39 is 11.4 Å². The molecule has 0 radical (unpaired) electrons. The number of ether oxygens (including phenoxy) is 1. The Bertz CT molecular complexity index is 1310. The van der Waals surface area contributed by atoms with Gasteiger partial charge in [-0.15, -0.1) is 0 Å². The van der Waals surface area contributed by atoms with Crippen molar-refractivity contribution in [2.24, 2.45) is 67.7 Å². The van der Waals surface area contributed by atoms with Crippen LogP contribution in [0.1, 0.15) is 113 Å². The highest BCUT2D eigenvalue weighted by Crippen LogP contribution is 2.77. The molecule has 5 saturated carbocycles. The number of rotatable bonds is 5. The van der Waals surface area contributed by atoms with Crippen LogP contribution in [0.25, 0.3) is 0 Å². The molecule has 0 spiro atoms. The summed E-state index contributed by atoms with van der Waals surface area (Å²) in [6.45, 7) is 17.5. The maximum atomic E-state index is 13.0. The lowest BCUT2D eigenvalue weighted by atomic mass is 9.32. The minimum absolute atomic E-state index is 0.00243. The second-order valence-electron chi connectivity index (χ2n) is 16.8. The van der Waals surface area contributed by atoms with Gasteiger partial charge in [0, 0.05) is 15.6 Å². The van der Waals surface area contributed by atoms with Gasteiger partial charge in [-0.3, -0.25) is 10.2 Å². The minimum atomic E-state index is -0.499. The number of carbonyl (C=O) groups is 1. The molecule has 6 rings (SSSR count). The predicted molar refractivity (Wildman–Crippen MR) is 178 cm³/mol. The molecule has 1 aromatic rings. The van der Waals surface area contributed by atoms with Crippen molar-refractivity contribution >= 4 is 33.3 Å².